The van der Waals surface area contributed by atoms with Crippen molar-refractivity contribution in [2.24, 2.45) is 7.05 Å². The molecule has 2 heterocycles. The molecule has 0 bridgehead atoms. The van der Waals surface area contributed by atoms with Crippen LogP contribution in [0.4, 0.5) is 5.69 Å². The van der Waals surface area contributed by atoms with Crippen LogP contribution in [0.2, 0.25) is 0 Å². The van der Waals surface area contributed by atoms with Crippen molar-refractivity contribution in [1.82, 2.24) is 9.36 Å². The largest absolute Gasteiger partial charge is 0.494 e. The van der Waals surface area contributed by atoms with E-state index in [2.05, 4.69) is 6.92 Å². The maximum atomic E-state index is 13.3. The fraction of sp³-hybridized carbons (Fsp3) is 0.240. The van der Waals surface area contributed by atoms with E-state index in [4.69, 9.17) is 17.0 Å². The van der Waals surface area contributed by atoms with Gasteiger partial charge in [0.1, 0.15) is 11.4 Å². The van der Waals surface area contributed by atoms with Crippen molar-refractivity contribution < 1.29 is 9.53 Å². The molecule has 1 saturated heterocycles. The fourth-order valence-corrected chi connectivity index (χ4v) is 4.89. The van der Waals surface area contributed by atoms with Crippen LogP contribution in [0.3, 0.4) is 0 Å². The molecule has 0 spiro atoms. The van der Waals surface area contributed by atoms with E-state index in [0.717, 1.165) is 29.8 Å². The van der Waals surface area contributed by atoms with Crippen LogP contribution in [0.25, 0.3) is 11.8 Å². The molecule has 3 aromatic rings. The molecule has 0 unspecified atom stereocenters. The highest BCUT2D eigenvalue weighted by molar-refractivity contribution is 8.27. The molecule has 8 heteroatoms. The Hall–Kier alpha value is -3.10. The Morgan fingerprint density at radius 2 is 1.76 bits per heavy atom. The molecular formula is C25H25N3O3S2. The number of amides is 1. The number of benzene rings is 2. The van der Waals surface area contributed by atoms with Crippen molar-refractivity contribution in [3.63, 3.8) is 0 Å². The Morgan fingerprint density at radius 1 is 1.06 bits per heavy atom. The Morgan fingerprint density at radius 3 is 2.42 bits per heavy atom. The minimum atomic E-state index is -0.292. The third-order valence-corrected chi connectivity index (χ3v) is 6.79. The lowest BCUT2D eigenvalue weighted by Crippen LogP contribution is -2.33. The van der Waals surface area contributed by atoms with E-state index in [0.29, 0.717) is 21.5 Å². The Balaban J connectivity index is 1.63. The van der Waals surface area contributed by atoms with Crippen molar-refractivity contribution in [3.8, 4) is 11.4 Å². The third kappa shape index (κ3) is 4.54. The molecule has 1 aliphatic heterocycles. The number of hydrogen-bond acceptors (Lipinski definition) is 5. The molecule has 1 amide bonds. The minimum absolute atomic E-state index is 0.284. The highest BCUT2D eigenvalue weighted by Gasteiger charge is 2.37. The van der Waals surface area contributed by atoms with Crippen molar-refractivity contribution in [2.45, 2.75) is 26.7 Å². The predicted octanol–water partition coefficient (Wildman–Crippen LogP) is 5.07. The minimum Gasteiger partial charge on any atom is -0.494 e. The van der Waals surface area contributed by atoms with Gasteiger partial charge in [-0.15, -0.1) is 0 Å². The zero-order valence-corrected chi connectivity index (χ0v) is 20.4. The van der Waals surface area contributed by atoms with Crippen LogP contribution in [0.5, 0.6) is 5.75 Å². The van der Waals surface area contributed by atoms with Crippen molar-refractivity contribution in [3.05, 3.63) is 81.1 Å². The molecule has 0 atom stereocenters. The summed E-state index contributed by atoms with van der Waals surface area (Å²) in [4.78, 5) is 28.5. The van der Waals surface area contributed by atoms with Gasteiger partial charge in [-0.3, -0.25) is 19.2 Å². The standard InChI is InChI=1S/C25H25N3O3S2/c1-4-5-15-31-20-13-11-18(12-14-20)16-21-23(29)27(25(32)33-21)22-17(2)26(3)28(24(22)30)19-9-7-6-8-10-19/h6-14,16H,4-5,15H2,1-3H3/b21-16+. The monoisotopic (exact) mass is 479 g/mol. The molecule has 6 nitrogen and oxygen atoms in total. The zero-order chi connectivity index (χ0) is 23.5. The number of hydrogen-bond donors (Lipinski definition) is 0. The fourth-order valence-electron chi connectivity index (χ4n) is 3.62. The number of rotatable bonds is 7. The van der Waals surface area contributed by atoms with Crippen LogP contribution < -0.4 is 15.2 Å². The van der Waals surface area contributed by atoms with Crippen LogP contribution >= 0.6 is 24.0 Å². The van der Waals surface area contributed by atoms with E-state index < -0.39 is 0 Å². The first-order valence-corrected chi connectivity index (χ1v) is 12.0. The van der Waals surface area contributed by atoms with E-state index in [-0.39, 0.29) is 17.2 Å². The molecule has 0 aliphatic carbocycles. The lowest BCUT2D eigenvalue weighted by Gasteiger charge is -2.12. The van der Waals surface area contributed by atoms with E-state index >= 15 is 0 Å². The molecule has 0 radical (unpaired) electrons. The summed E-state index contributed by atoms with van der Waals surface area (Å²) in [6.45, 7) is 4.62. The van der Waals surface area contributed by atoms with Crippen LogP contribution in [-0.2, 0) is 11.8 Å². The Kier molecular flexibility index (Phi) is 6.85. The van der Waals surface area contributed by atoms with Gasteiger partial charge in [-0.25, -0.2) is 4.68 Å². The summed E-state index contributed by atoms with van der Waals surface area (Å²) in [6, 6.07) is 16.9. The predicted molar refractivity (Wildman–Crippen MR) is 138 cm³/mol. The van der Waals surface area contributed by atoms with Crippen molar-refractivity contribution in [1.29, 1.82) is 0 Å². The topological polar surface area (TPSA) is 56.5 Å². The van der Waals surface area contributed by atoms with Gasteiger partial charge in [0, 0.05) is 7.05 Å². The van der Waals surface area contributed by atoms with E-state index in [9.17, 15) is 9.59 Å². The zero-order valence-electron chi connectivity index (χ0n) is 18.8. The number of thioether (sulfide) groups is 1. The first kappa shape index (κ1) is 23.1. The summed E-state index contributed by atoms with van der Waals surface area (Å²) in [5.41, 5.74) is 2.25. The molecule has 170 valence electrons. The summed E-state index contributed by atoms with van der Waals surface area (Å²) in [7, 11) is 1.80. The summed E-state index contributed by atoms with van der Waals surface area (Å²) in [6.07, 6.45) is 3.88. The van der Waals surface area contributed by atoms with Gasteiger partial charge in [0.15, 0.2) is 4.32 Å². The van der Waals surface area contributed by atoms with Crippen LogP contribution in [0.1, 0.15) is 31.0 Å². The van der Waals surface area contributed by atoms with Gasteiger partial charge in [-0.1, -0.05) is 67.7 Å². The van der Waals surface area contributed by atoms with Gasteiger partial charge >= 0.3 is 0 Å². The molecule has 2 aromatic carbocycles. The number of thiocarbonyl (C=S) groups is 1. The number of ether oxygens (including phenoxy) is 1. The highest BCUT2D eigenvalue weighted by atomic mass is 32.2. The lowest BCUT2D eigenvalue weighted by molar-refractivity contribution is -0.113. The smallest absolute Gasteiger partial charge is 0.296 e. The molecule has 1 aromatic heterocycles. The molecule has 1 aliphatic rings. The number of unbranched alkanes of at least 4 members (excludes halogenated alkanes) is 1. The molecule has 0 saturated carbocycles. The summed E-state index contributed by atoms with van der Waals surface area (Å²) in [5.74, 6) is 0.508. The molecule has 4 rings (SSSR count). The second-order valence-corrected chi connectivity index (χ2v) is 9.37. The van der Waals surface area contributed by atoms with E-state index in [1.54, 1.807) is 22.5 Å². The van der Waals surface area contributed by atoms with Crippen LogP contribution in [0.15, 0.2) is 64.3 Å². The normalized spacial score (nSPS) is 15.0. The molecular weight excluding hydrogens is 454 g/mol. The van der Waals surface area contributed by atoms with Gasteiger partial charge in [-0.05, 0) is 49.2 Å². The van der Waals surface area contributed by atoms with Gasteiger partial charge in [0.05, 0.1) is 22.9 Å². The number of anilines is 1. The van der Waals surface area contributed by atoms with Gasteiger partial charge in [-0.2, -0.15) is 0 Å². The maximum absolute atomic E-state index is 13.3. The number of nitrogens with zero attached hydrogens (tertiary/aromatic N) is 3. The molecule has 33 heavy (non-hydrogen) atoms. The number of carbonyl (C=O) groups is 1. The lowest BCUT2D eigenvalue weighted by atomic mass is 10.2. The van der Waals surface area contributed by atoms with Gasteiger partial charge in [0.2, 0.25) is 0 Å². The van der Waals surface area contributed by atoms with Crippen molar-refractivity contribution >= 4 is 46.0 Å². The second kappa shape index (κ2) is 9.80. The van der Waals surface area contributed by atoms with Gasteiger partial charge in [0.25, 0.3) is 11.5 Å². The average Bonchev–Trinajstić information content (AvgIpc) is 3.20. The number of aromatic nitrogens is 2. The molecule has 1 fully saturated rings. The summed E-state index contributed by atoms with van der Waals surface area (Å²) < 4.78 is 9.33. The van der Waals surface area contributed by atoms with Gasteiger partial charge < -0.3 is 4.74 Å². The highest BCUT2D eigenvalue weighted by Crippen LogP contribution is 2.36. The third-order valence-electron chi connectivity index (χ3n) is 5.49. The average molecular weight is 480 g/mol. The maximum Gasteiger partial charge on any atom is 0.296 e. The summed E-state index contributed by atoms with van der Waals surface area (Å²) in [5, 5.41) is 0. The number of para-hydroxylation sites is 1. The Labute approximate surface area is 202 Å². The summed E-state index contributed by atoms with van der Waals surface area (Å²) >= 11 is 6.71. The van der Waals surface area contributed by atoms with E-state index in [1.807, 2.05) is 61.5 Å². The van der Waals surface area contributed by atoms with Crippen LogP contribution in [0, 0.1) is 6.92 Å². The van der Waals surface area contributed by atoms with Crippen LogP contribution in [-0.4, -0.2) is 26.2 Å². The first-order chi connectivity index (χ1) is 15.9. The van der Waals surface area contributed by atoms with E-state index in [1.165, 1.54) is 16.7 Å². The second-order valence-electron chi connectivity index (χ2n) is 7.70. The first-order valence-electron chi connectivity index (χ1n) is 10.8. The Bertz CT molecular complexity index is 1270. The SMILES string of the molecule is CCCCOc1ccc(/C=C2/SC(=S)N(c3c(C)n(C)n(-c4ccccc4)c3=O)C2=O)cc1. The van der Waals surface area contributed by atoms with Crippen molar-refractivity contribution in [2.75, 3.05) is 11.5 Å². The number of carbonyl (C=O) groups excluding carboxylic acids is 1. The molecule has 0 N–H and O–H groups in total. The quantitative estimate of drug-likeness (QED) is 0.269.